The molecule has 1 aromatic heterocycles. The Hall–Kier alpha value is -4.21. The van der Waals surface area contributed by atoms with Crippen LogP contribution in [0, 0.1) is 12.8 Å². The van der Waals surface area contributed by atoms with E-state index in [4.69, 9.17) is 5.73 Å². The number of carbonyl (C=O) groups excluding carboxylic acids is 4. The average molecular weight is 571 g/mol. The summed E-state index contributed by atoms with van der Waals surface area (Å²) in [5, 5.41) is 8.12. The lowest BCUT2D eigenvalue weighted by Gasteiger charge is -2.35. The molecular weight excluding hydrogens is 532 g/mol. The fraction of sp³-hybridized carbons (Fsp3) is 0.469. The monoisotopic (exact) mass is 570 g/mol. The van der Waals surface area contributed by atoms with Crippen LogP contribution in [0.15, 0.2) is 36.4 Å². The third-order valence-electron chi connectivity index (χ3n) is 9.22. The van der Waals surface area contributed by atoms with Gasteiger partial charge in [0.2, 0.25) is 17.7 Å². The van der Waals surface area contributed by atoms with Crippen LogP contribution in [0.1, 0.15) is 83.3 Å². The summed E-state index contributed by atoms with van der Waals surface area (Å²) < 4.78 is 2.00. The Morgan fingerprint density at radius 3 is 2.62 bits per heavy atom. The molecule has 1 unspecified atom stereocenters. The third kappa shape index (κ3) is 5.37. The molecule has 4 heterocycles. The van der Waals surface area contributed by atoms with Crippen molar-refractivity contribution in [3.8, 4) is 0 Å². The number of imide groups is 1. The molecule has 0 bridgehead atoms. The van der Waals surface area contributed by atoms with Crippen LogP contribution < -0.4 is 16.0 Å². The summed E-state index contributed by atoms with van der Waals surface area (Å²) in [6.45, 7) is 5.12. The average Bonchev–Trinajstić information content (AvgIpc) is 3.49. The lowest BCUT2D eigenvalue weighted by atomic mass is 9.90. The highest BCUT2D eigenvalue weighted by Gasteiger charge is 2.40. The van der Waals surface area contributed by atoms with Gasteiger partial charge in [-0.15, -0.1) is 0 Å². The van der Waals surface area contributed by atoms with Crippen molar-refractivity contribution in [1.82, 2.24) is 20.0 Å². The number of fused-ring (bicyclic) bond motifs is 2. The van der Waals surface area contributed by atoms with E-state index in [1.807, 2.05) is 35.9 Å². The summed E-state index contributed by atoms with van der Waals surface area (Å²) in [5.74, 6) is -0.508. The van der Waals surface area contributed by atoms with E-state index in [0.717, 1.165) is 73.2 Å². The quantitative estimate of drug-likeness (QED) is 0.298. The van der Waals surface area contributed by atoms with Crippen LogP contribution in [0.5, 0.6) is 0 Å². The fourth-order valence-electron chi connectivity index (χ4n) is 6.86. The normalized spacial score (nSPS) is 19.5. The number of amides is 4. The summed E-state index contributed by atoms with van der Waals surface area (Å²) in [5.41, 5.74) is 10.7. The topological polar surface area (TPSA) is 131 Å². The first kappa shape index (κ1) is 27.9. The van der Waals surface area contributed by atoms with E-state index in [1.54, 1.807) is 11.0 Å². The Labute approximate surface area is 245 Å². The number of nitrogens with zero attached hydrogens (tertiary/aromatic N) is 4. The first-order valence-corrected chi connectivity index (χ1v) is 15.1. The molecule has 3 aliphatic rings. The van der Waals surface area contributed by atoms with Gasteiger partial charge in [-0.25, -0.2) is 0 Å². The second-order valence-corrected chi connectivity index (χ2v) is 11.9. The number of rotatable bonds is 9. The molecule has 0 spiro atoms. The zero-order valence-corrected chi connectivity index (χ0v) is 24.1. The minimum atomic E-state index is -0.593. The number of benzene rings is 2. The molecule has 0 saturated carbocycles. The Morgan fingerprint density at radius 2 is 1.86 bits per heavy atom. The van der Waals surface area contributed by atoms with Crippen molar-refractivity contribution in [2.75, 3.05) is 18.0 Å². The summed E-state index contributed by atoms with van der Waals surface area (Å²) in [7, 11) is 0. The van der Waals surface area contributed by atoms with Crippen molar-refractivity contribution in [3.63, 3.8) is 0 Å². The second kappa shape index (κ2) is 11.6. The summed E-state index contributed by atoms with van der Waals surface area (Å²) in [4.78, 5) is 52.9. The maximum Gasteiger partial charge on any atom is 0.255 e. The largest absolute Gasteiger partial charge is 0.371 e. The SMILES string of the molecule is Cc1nn(CCCCCC2CCN(c3cccc4c3CN(C3CCC(=O)NC3=O)C4=O)CC2)c2cc(C(N)=O)ccc12. The molecule has 3 aromatic rings. The number of carbonyl (C=O) groups is 4. The van der Waals surface area contributed by atoms with Gasteiger partial charge in [-0.2, -0.15) is 5.10 Å². The minimum absolute atomic E-state index is 0.122. The van der Waals surface area contributed by atoms with Crippen LogP contribution in [0.2, 0.25) is 0 Å². The number of aromatic nitrogens is 2. The van der Waals surface area contributed by atoms with Gasteiger partial charge >= 0.3 is 0 Å². The number of piperidine rings is 2. The lowest BCUT2D eigenvalue weighted by Crippen LogP contribution is -2.52. The first-order chi connectivity index (χ1) is 20.3. The van der Waals surface area contributed by atoms with Crippen molar-refractivity contribution < 1.29 is 19.2 Å². The zero-order chi connectivity index (χ0) is 29.4. The first-order valence-electron chi connectivity index (χ1n) is 15.1. The molecule has 10 nitrogen and oxygen atoms in total. The molecule has 6 rings (SSSR count). The number of anilines is 1. The highest BCUT2D eigenvalue weighted by atomic mass is 16.2. The van der Waals surface area contributed by atoms with E-state index in [9.17, 15) is 19.2 Å². The summed E-state index contributed by atoms with van der Waals surface area (Å²) in [6.07, 6.45) is 7.40. The van der Waals surface area contributed by atoms with Gasteiger partial charge in [0.25, 0.3) is 5.91 Å². The number of hydrogen-bond donors (Lipinski definition) is 2. The van der Waals surface area contributed by atoms with E-state index in [1.165, 1.54) is 12.8 Å². The second-order valence-electron chi connectivity index (χ2n) is 11.9. The molecule has 4 amide bonds. The highest BCUT2D eigenvalue weighted by molar-refractivity contribution is 6.06. The van der Waals surface area contributed by atoms with Gasteiger partial charge in [0.05, 0.1) is 11.2 Å². The van der Waals surface area contributed by atoms with E-state index in [0.29, 0.717) is 30.0 Å². The number of nitrogens with two attached hydrogens (primary N) is 1. The number of primary amides is 1. The van der Waals surface area contributed by atoms with Gasteiger partial charge in [0, 0.05) is 60.4 Å². The van der Waals surface area contributed by atoms with E-state index < -0.39 is 11.9 Å². The Balaban J connectivity index is 0.988. The van der Waals surface area contributed by atoms with Gasteiger partial charge in [-0.3, -0.25) is 29.2 Å². The molecule has 2 aromatic carbocycles. The Bertz CT molecular complexity index is 1550. The molecule has 220 valence electrons. The van der Waals surface area contributed by atoms with Crippen LogP contribution in [0.3, 0.4) is 0 Å². The molecule has 10 heteroatoms. The van der Waals surface area contributed by atoms with Crippen molar-refractivity contribution in [2.45, 2.75) is 77.4 Å². The molecule has 3 aliphatic heterocycles. The van der Waals surface area contributed by atoms with Crippen LogP contribution in [-0.4, -0.2) is 57.4 Å². The molecule has 3 N–H and O–H groups in total. The fourth-order valence-corrected chi connectivity index (χ4v) is 6.86. The van der Waals surface area contributed by atoms with E-state index >= 15 is 0 Å². The number of nitrogens with one attached hydrogen (secondary N) is 1. The molecule has 0 aliphatic carbocycles. The van der Waals surface area contributed by atoms with Crippen molar-refractivity contribution in [1.29, 1.82) is 0 Å². The zero-order valence-electron chi connectivity index (χ0n) is 24.1. The van der Waals surface area contributed by atoms with Crippen LogP contribution in [0.25, 0.3) is 10.9 Å². The lowest BCUT2D eigenvalue weighted by molar-refractivity contribution is -0.136. The van der Waals surface area contributed by atoms with Gasteiger partial charge in [0.15, 0.2) is 0 Å². The molecule has 2 fully saturated rings. The maximum atomic E-state index is 13.2. The van der Waals surface area contributed by atoms with Crippen molar-refractivity contribution in [3.05, 3.63) is 58.8 Å². The number of unbranched alkanes of at least 4 members (excludes halogenated alkanes) is 2. The van der Waals surface area contributed by atoms with Gasteiger partial charge in [0.1, 0.15) is 6.04 Å². The third-order valence-corrected chi connectivity index (χ3v) is 9.22. The van der Waals surface area contributed by atoms with Crippen LogP contribution in [-0.2, 0) is 22.7 Å². The van der Waals surface area contributed by atoms with Crippen molar-refractivity contribution >= 4 is 40.2 Å². The Morgan fingerprint density at radius 1 is 1.05 bits per heavy atom. The van der Waals surface area contributed by atoms with E-state index in [2.05, 4.69) is 21.4 Å². The van der Waals surface area contributed by atoms with E-state index in [-0.39, 0.29) is 24.1 Å². The van der Waals surface area contributed by atoms with Gasteiger partial charge < -0.3 is 15.5 Å². The van der Waals surface area contributed by atoms with Gasteiger partial charge in [-0.1, -0.05) is 31.4 Å². The van der Waals surface area contributed by atoms with Crippen LogP contribution >= 0.6 is 0 Å². The molecule has 2 saturated heterocycles. The summed E-state index contributed by atoms with van der Waals surface area (Å²) in [6, 6.07) is 10.8. The molecule has 1 atom stereocenters. The molecule has 0 radical (unpaired) electrons. The smallest absolute Gasteiger partial charge is 0.255 e. The summed E-state index contributed by atoms with van der Waals surface area (Å²) >= 11 is 0. The van der Waals surface area contributed by atoms with Crippen molar-refractivity contribution in [2.24, 2.45) is 11.7 Å². The molecule has 42 heavy (non-hydrogen) atoms. The predicted octanol–water partition coefficient (Wildman–Crippen LogP) is 3.68. The van der Waals surface area contributed by atoms with Crippen LogP contribution in [0.4, 0.5) is 5.69 Å². The molecular formula is C32H38N6O4. The predicted molar refractivity (Wildman–Crippen MR) is 159 cm³/mol. The minimum Gasteiger partial charge on any atom is -0.371 e. The highest BCUT2D eigenvalue weighted by Crippen LogP contribution is 2.36. The van der Waals surface area contributed by atoms with Gasteiger partial charge in [-0.05, 0) is 62.8 Å². The standard InChI is InChI=1S/C32H38N6O4/c1-20-23-10-9-22(30(33)40)18-28(23)38(35-20)15-4-2-3-6-21-13-16-36(17-14-21)26-8-5-7-24-25(26)19-37(32(24)42)27-11-12-29(39)34-31(27)41/h5,7-10,18,21,27H,2-4,6,11-17,19H2,1H3,(H2,33,40)(H,34,39,41). The number of hydrogen-bond acceptors (Lipinski definition) is 6. The maximum absolute atomic E-state index is 13.2. The Kier molecular flexibility index (Phi) is 7.70. The number of aryl methyl sites for hydroxylation is 2.